The molecule has 0 aromatic heterocycles. The number of nitrogens with zero attached hydrogens (tertiary/aromatic N) is 1. The van der Waals surface area contributed by atoms with Crippen molar-refractivity contribution in [2.75, 3.05) is 18.4 Å². The average molecular weight is 418 g/mol. The van der Waals surface area contributed by atoms with E-state index in [9.17, 15) is 14.0 Å². The first-order chi connectivity index (χ1) is 15.1. The highest BCUT2D eigenvalue weighted by atomic mass is 19.1. The number of amides is 2. The summed E-state index contributed by atoms with van der Waals surface area (Å²) in [6.45, 7) is 0.891. The molecule has 1 unspecified atom stereocenters. The summed E-state index contributed by atoms with van der Waals surface area (Å²) in [6.07, 6.45) is 1.34. The second kappa shape index (κ2) is 9.43. The number of benzene rings is 3. The lowest BCUT2D eigenvalue weighted by molar-refractivity contribution is -0.121. The lowest BCUT2D eigenvalue weighted by Crippen LogP contribution is -2.43. The van der Waals surface area contributed by atoms with Crippen LogP contribution in [0, 0.1) is 11.7 Å². The highest BCUT2D eigenvalue weighted by molar-refractivity contribution is 5.97. The van der Waals surface area contributed by atoms with Gasteiger partial charge in [-0.25, -0.2) is 4.39 Å². The number of ether oxygens (including phenoxy) is 1. The molecule has 5 nitrogen and oxygen atoms in total. The highest BCUT2D eigenvalue weighted by Crippen LogP contribution is 2.32. The van der Waals surface area contributed by atoms with E-state index in [1.165, 1.54) is 12.1 Å². The third-order valence-corrected chi connectivity index (χ3v) is 5.29. The minimum absolute atomic E-state index is 0.00265. The minimum Gasteiger partial charge on any atom is -0.455 e. The number of para-hydroxylation sites is 2. The molecule has 3 aromatic carbocycles. The Morgan fingerprint density at radius 2 is 1.65 bits per heavy atom. The molecule has 0 saturated carbocycles. The monoisotopic (exact) mass is 418 g/mol. The van der Waals surface area contributed by atoms with E-state index in [2.05, 4.69) is 5.32 Å². The van der Waals surface area contributed by atoms with E-state index in [4.69, 9.17) is 4.74 Å². The van der Waals surface area contributed by atoms with Crippen LogP contribution in [0.25, 0.3) is 0 Å². The number of nitrogens with one attached hydrogen (secondary N) is 1. The van der Waals surface area contributed by atoms with Gasteiger partial charge in [-0.15, -0.1) is 0 Å². The predicted molar refractivity (Wildman–Crippen MR) is 117 cm³/mol. The molecule has 1 fully saturated rings. The van der Waals surface area contributed by atoms with Crippen molar-refractivity contribution in [3.63, 3.8) is 0 Å². The first kappa shape index (κ1) is 20.6. The fourth-order valence-electron chi connectivity index (χ4n) is 3.69. The molecule has 1 saturated heterocycles. The topological polar surface area (TPSA) is 58.6 Å². The van der Waals surface area contributed by atoms with Gasteiger partial charge in [0.1, 0.15) is 11.4 Å². The molecule has 1 N–H and O–H groups in total. The molecular weight excluding hydrogens is 395 g/mol. The quantitative estimate of drug-likeness (QED) is 0.627. The molecule has 1 aliphatic rings. The first-order valence-corrected chi connectivity index (χ1v) is 10.3. The van der Waals surface area contributed by atoms with E-state index in [1.54, 1.807) is 35.2 Å². The van der Waals surface area contributed by atoms with Gasteiger partial charge < -0.3 is 15.0 Å². The van der Waals surface area contributed by atoms with Crippen molar-refractivity contribution in [1.82, 2.24) is 4.90 Å². The third-order valence-electron chi connectivity index (χ3n) is 5.29. The van der Waals surface area contributed by atoms with Crippen molar-refractivity contribution in [3.8, 4) is 11.5 Å². The zero-order chi connectivity index (χ0) is 21.6. The molecule has 1 heterocycles. The number of halogens is 1. The summed E-state index contributed by atoms with van der Waals surface area (Å²) in [5, 5.41) is 2.69. The Bertz CT molecular complexity index is 1060. The van der Waals surface area contributed by atoms with Gasteiger partial charge in [0, 0.05) is 18.7 Å². The molecule has 6 heteroatoms. The number of carbonyl (C=O) groups excluding carboxylic acids is 2. The zero-order valence-electron chi connectivity index (χ0n) is 17.0. The van der Waals surface area contributed by atoms with Crippen molar-refractivity contribution < 1.29 is 18.7 Å². The molecule has 4 rings (SSSR count). The van der Waals surface area contributed by atoms with E-state index < -0.39 is 11.7 Å². The molecule has 0 aliphatic carbocycles. The SMILES string of the molecule is O=C(Nc1c(F)cccc1Oc1ccccc1)C1CCCN(C(=O)c2ccccc2)C1. The Morgan fingerprint density at radius 1 is 0.935 bits per heavy atom. The summed E-state index contributed by atoms with van der Waals surface area (Å²) >= 11 is 0. The Balaban J connectivity index is 1.47. The second-order valence-corrected chi connectivity index (χ2v) is 7.47. The van der Waals surface area contributed by atoms with Gasteiger partial charge in [-0.3, -0.25) is 9.59 Å². The summed E-state index contributed by atoms with van der Waals surface area (Å²) in [6, 6.07) is 22.4. The van der Waals surface area contributed by atoms with Crippen LogP contribution in [0.15, 0.2) is 78.9 Å². The summed E-state index contributed by atoms with van der Waals surface area (Å²) in [5.74, 6) is -0.653. The number of hydrogen-bond acceptors (Lipinski definition) is 3. The number of carbonyl (C=O) groups is 2. The van der Waals surface area contributed by atoms with Crippen molar-refractivity contribution in [3.05, 3.63) is 90.2 Å². The van der Waals surface area contributed by atoms with E-state index >= 15 is 0 Å². The summed E-state index contributed by atoms with van der Waals surface area (Å²) in [7, 11) is 0. The van der Waals surface area contributed by atoms with Gasteiger partial charge in [0.2, 0.25) is 5.91 Å². The molecule has 158 valence electrons. The lowest BCUT2D eigenvalue weighted by Gasteiger charge is -2.32. The molecule has 0 bridgehead atoms. The fraction of sp³-hybridized carbons (Fsp3) is 0.200. The molecular formula is C25H23FN2O3. The van der Waals surface area contributed by atoms with Gasteiger partial charge in [0.25, 0.3) is 5.91 Å². The Labute approximate surface area is 180 Å². The molecule has 3 aromatic rings. The maximum absolute atomic E-state index is 14.5. The molecule has 1 aliphatic heterocycles. The van der Waals surface area contributed by atoms with Crippen molar-refractivity contribution in [2.45, 2.75) is 12.8 Å². The smallest absolute Gasteiger partial charge is 0.253 e. The summed E-state index contributed by atoms with van der Waals surface area (Å²) in [5.41, 5.74) is 0.596. The molecule has 0 radical (unpaired) electrons. The molecule has 0 spiro atoms. The number of rotatable bonds is 5. The fourth-order valence-corrected chi connectivity index (χ4v) is 3.69. The van der Waals surface area contributed by atoms with Crippen LogP contribution in [0.1, 0.15) is 23.2 Å². The largest absolute Gasteiger partial charge is 0.455 e. The van der Waals surface area contributed by atoms with Gasteiger partial charge in [0.15, 0.2) is 11.6 Å². The standard InChI is InChI=1S/C25H23FN2O3/c26-21-14-7-15-22(31-20-12-5-2-6-13-20)23(21)27-24(29)19-11-8-16-28(17-19)25(30)18-9-3-1-4-10-18/h1-7,9-10,12-15,19H,8,11,16-17H2,(H,27,29). The van der Waals surface area contributed by atoms with Gasteiger partial charge in [-0.05, 0) is 49.2 Å². The lowest BCUT2D eigenvalue weighted by atomic mass is 9.96. The Hall–Kier alpha value is -3.67. The number of piperidine rings is 1. The van der Waals surface area contributed by atoms with Gasteiger partial charge in [-0.1, -0.05) is 42.5 Å². The van der Waals surface area contributed by atoms with Gasteiger partial charge >= 0.3 is 0 Å². The maximum Gasteiger partial charge on any atom is 0.253 e. The normalized spacial score (nSPS) is 15.9. The van der Waals surface area contributed by atoms with Gasteiger partial charge in [-0.2, -0.15) is 0 Å². The maximum atomic E-state index is 14.5. The van der Waals surface area contributed by atoms with Crippen LogP contribution in [0.4, 0.5) is 10.1 Å². The third kappa shape index (κ3) is 4.91. The predicted octanol–water partition coefficient (Wildman–Crippen LogP) is 5.11. The molecule has 2 amide bonds. The van der Waals surface area contributed by atoms with Gasteiger partial charge in [0.05, 0.1) is 5.92 Å². The Kier molecular flexibility index (Phi) is 6.26. The van der Waals surface area contributed by atoms with E-state index in [0.29, 0.717) is 37.2 Å². The van der Waals surface area contributed by atoms with E-state index in [-0.39, 0.29) is 23.3 Å². The number of hydrogen-bond donors (Lipinski definition) is 1. The summed E-state index contributed by atoms with van der Waals surface area (Å²) < 4.78 is 20.3. The first-order valence-electron chi connectivity index (χ1n) is 10.3. The zero-order valence-corrected chi connectivity index (χ0v) is 17.0. The van der Waals surface area contributed by atoms with E-state index in [1.807, 2.05) is 36.4 Å². The van der Waals surface area contributed by atoms with Crippen molar-refractivity contribution in [2.24, 2.45) is 5.92 Å². The average Bonchev–Trinajstić information content (AvgIpc) is 2.82. The van der Waals surface area contributed by atoms with Crippen LogP contribution in [0.5, 0.6) is 11.5 Å². The Morgan fingerprint density at radius 3 is 2.39 bits per heavy atom. The van der Waals surface area contributed by atoms with E-state index in [0.717, 1.165) is 0 Å². The van der Waals surface area contributed by atoms with Crippen LogP contribution < -0.4 is 10.1 Å². The molecule has 31 heavy (non-hydrogen) atoms. The highest BCUT2D eigenvalue weighted by Gasteiger charge is 2.30. The van der Waals surface area contributed by atoms with Crippen LogP contribution in [0.3, 0.4) is 0 Å². The van der Waals surface area contributed by atoms with Crippen LogP contribution in [-0.2, 0) is 4.79 Å². The number of likely N-dealkylation sites (tertiary alicyclic amines) is 1. The van der Waals surface area contributed by atoms with Crippen LogP contribution in [-0.4, -0.2) is 29.8 Å². The van der Waals surface area contributed by atoms with Crippen molar-refractivity contribution >= 4 is 17.5 Å². The number of anilines is 1. The van der Waals surface area contributed by atoms with Crippen molar-refractivity contribution in [1.29, 1.82) is 0 Å². The second-order valence-electron chi connectivity index (χ2n) is 7.47. The molecule has 1 atom stereocenters. The van der Waals surface area contributed by atoms with Crippen LogP contribution in [0.2, 0.25) is 0 Å². The minimum atomic E-state index is -0.574. The summed E-state index contributed by atoms with van der Waals surface area (Å²) in [4.78, 5) is 27.4. The van der Waals surface area contributed by atoms with Crippen LogP contribution >= 0.6 is 0 Å².